The molecule has 1 saturated heterocycles. The quantitative estimate of drug-likeness (QED) is 0.853. The molecule has 2 atom stereocenters. The first-order chi connectivity index (χ1) is 13.0. The molecule has 3 heterocycles. The fourth-order valence-electron chi connectivity index (χ4n) is 3.41. The number of ether oxygens (including phenoxy) is 2. The molecule has 4 rings (SSSR count). The standard InChI is InChI=1S/C18H20N4O5/c1-10-20-18(27-21-10)14-8-22(11(2)23)7-13(14)17(24)19-6-12-3-4-15-16(5-12)26-9-25-15/h3-5,13-14H,6-9H2,1-2H3,(H,19,24). The molecule has 2 unspecified atom stereocenters. The van der Waals surface area contributed by atoms with Crippen LogP contribution in [0.3, 0.4) is 0 Å². The van der Waals surface area contributed by atoms with Gasteiger partial charge in [-0.3, -0.25) is 9.59 Å². The molecule has 0 bridgehead atoms. The second-order valence-electron chi connectivity index (χ2n) is 6.72. The first kappa shape index (κ1) is 17.3. The maximum Gasteiger partial charge on any atom is 0.232 e. The topological polar surface area (TPSA) is 107 Å². The molecule has 2 amide bonds. The number of nitrogens with one attached hydrogen (secondary N) is 1. The fraction of sp³-hybridized carbons (Fsp3) is 0.444. The Morgan fingerprint density at radius 2 is 2.07 bits per heavy atom. The molecular formula is C18H20N4O5. The molecule has 2 aliphatic rings. The lowest BCUT2D eigenvalue weighted by atomic mass is 9.95. The van der Waals surface area contributed by atoms with Gasteiger partial charge in [-0.15, -0.1) is 0 Å². The Bertz CT molecular complexity index is 880. The highest BCUT2D eigenvalue weighted by Gasteiger charge is 2.42. The molecule has 1 N–H and O–H groups in total. The van der Waals surface area contributed by atoms with Crippen LogP contribution in [0.15, 0.2) is 22.7 Å². The third-order valence-corrected chi connectivity index (χ3v) is 4.87. The Kier molecular flexibility index (Phi) is 4.43. The molecule has 1 aromatic heterocycles. The van der Waals surface area contributed by atoms with Gasteiger partial charge in [-0.25, -0.2) is 0 Å². The molecule has 1 fully saturated rings. The SMILES string of the molecule is CC(=O)N1CC(C(=O)NCc2ccc3c(c2)OCO3)C(c2nc(C)no2)C1. The monoisotopic (exact) mass is 372 g/mol. The van der Waals surface area contributed by atoms with Crippen molar-refractivity contribution in [3.05, 3.63) is 35.5 Å². The third-order valence-electron chi connectivity index (χ3n) is 4.87. The van der Waals surface area contributed by atoms with Crippen LogP contribution in [0, 0.1) is 12.8 Å². The number of hydrogen-bond acceptors (Lipinski definition) is 7. The Morgan fingerprint density at radius 3 is 2.81 bits per heavy atom. The van der Waals surface area contributed by atoms with Crippen LogP contribution in [0.2, 0.25) is 0 Å². The van der Waals surface area contributed by atoms with E-state index in [1.165, 1.54) is 6.92 Å². The highest BCUT2D eigenvalue weighted by atomic mass is 16.7. The normalized spacial score (nSPS) is 20.7. The van der Waals surface area contributed by atoms with Crippen molar-refractivity contribution in [2.75, 3.05) is 19.9 Å². The molecule has 2 aliphatic heterocycles. The van der Waals surface area contributed by atoms with E-state index < -0.39 is 5.92 Å². The van der Waals surface area contributed by atoms with Gasteiger partial charge in [-0.2, -0.15) is 4.98 Å². The molecule has 0 saturated carbocycles. The summed E-state index contributed by atoms with van der Waals surface area (Å²) in [5, 5.41) is 6.74. The molecule has 0 spiro atoms. The van der Waals surface area contributed by atoms with E-state index in [1.54, 1.807) is 11.8 Å². The van der Waals surface area contributed by atoms with Gasteiger partial charge >= 0.3 is 0 Å². The summed E-state index contributed by atoms with van der Waals surface area (Å²) in [6.45, 7) is 4.48. The minimum Gasteiger partial charge on any atom is -0.454 e. The van der Waals surface area contributed by atoms with Crippen LogP contribution in [0.5, 0.6) is 11.5 Å². The van der Waals surface area contributed by atoms with E-state index in [9.17, 15) is 9.59 Å². The molecule has 2 aromatic rings. The van der Waals surface area contributed by atoms with Crippen LogP contribution in [0.25, 0.3) is 0 Å². The number of carbonyl (C=O) groups excluding carboxylic acids is 2. The van der Waals surface area contributed by atoms with Crippen LogP contribution >= 0.6 is 0 Å². The number of rotatable bonds is 4. The van der Waals surface area contributed by atoms with Gasteiger partial charge in [0.25, 0.3) is 0 Å². The van der Waals surface area contributed by atoms with E-state index in [4.69, 9.17) is 14.0 Å². The summed E-state index contributed by atoms with van der Waals surface area (Å²) in [4.78, 5) is 30.5. The summed E-state index contributed by atoms with van der Waals surface area (Å²) >= 11 is 0. The van der Waals surface area contributed by atoms with Gasteiger partial charge in [0.1, 0.15) is 0 Å². The predicted molar refractivity (Wildman–Crippen MR) is 91.9 cm³/mol. The van der Waals surface area contributed by atoms with E-state index in [0.29, 0.717) is 42.8 Å². The molecule has 142 valence electrons. The molecule has 27 heavy (non-hydrogen) atoms. The second-order valence-corrected chi connectivity index (χ2v) is 6.72. The maximum atomic E-state index is 12.8. The minimum atomic E-state index is -0.442. The summed E-state index contributed by atoms with van der Waals surface area (Å²) in [5.74, 6) is 1.27. The van der Waals surface area contributed by atoms with Crippen molar-refractivity contribution in [2.24, 2.45) is 5.92 Å². The first-order valence-corrected chi connectivity index (χ1v) is 8.73. The Labute approximate surface area is 155 Å². The number of amides is 2. The smallest absolute Gasteiger partial charge is 0.232 e. The van der Waals surface area contributed by atoms with Crippen LogP contribution in [-0.4, -0.2) is 46.7 Å². The zero-order chi connectivity index (χ0) is 19.0. The van der Waals surface area contributed by atoms with Crippen molar-refractivity contribution in [2.45, 2.75) is 26.3 Å². The second kappa shape index (κ2) is 6.90. The van der Waals surface area contributed by atoms with Crippen LogP contribution < -0.4 is 14.8 Å². The van der Waals surface area contributed by atoms with Crippen molar-refractivity contribution < 1.29 is 23.6 Å². The largest absolute Gasteiger partial charge is 0.454 e. The molecule has 9 heteroatoms. The highest BCUT2D eigenvalue weighted by molar-refractivity contribution is 5.82. The summed E-state index contributed by atoms with van der Waals surface area (Å²) in [7, 11) is 0. The van der Waals surface area contributed by atoms with Crippen molar-refractivity contribution >= 4 is 11.8 Å². The van der Waals surface area contributed by atoms with Gasteiger partial charge in [0, 0.05) is 26.6 Å². The number of benzene rings is 1. The molecule has 1 aromatic carbocycles. The molecule has 0 aliphatic carbocycles. The lowest BCUT2D eigenvalue weighted by molar-refractivity contribution is -0.128. The Morgan fingerprint density at radius 1 is 1.26 bits per heavy atom. The first-order valence-electron chi connectivity index (χ1n) is 8.73. The minimum absolute atomic E-state index is 0.0812. The van der Waals surface area contributed by atoms with E-state index in [-0.39, 0.29) is 24.5 Å². The average molecular weight is 372 g/mol. The Hall–Kier alpha value is -3.10. The zero-order valence-corrected chi connectivity index (χ0v) is 15.1. The Balaban J connectivity index is 1.46. The highest BCUT2D eigenvalue weighted by Crippen LogP contribution is 2.33. The van der Waals surface area contributed by atoms with E-state index in [0.717, 1.165) is 5.56 Å². The summed E-state index contributed by atoms with van der Waals surface area (Å²) in [6.07, 6.45) is 0. The summed E-state index contributed by atoms with van der Waals surface area (Å²) < 4.78 is 15.9. The molecule has 0 radical (unpaired) electrons. The molecule has 9 nitrogen and oxygen atoms in total. The lowest BCUT2D eigenvalue weighted by Gasteiger charge is -2.15. The molecular weight excluding hydrogens is 352 g/mol. The maximum absolute atomic E-state index is 12.8. The zero-order valence-electron chi connectivity index (χ0n) is 15.1. The van der Waals surface area contributed by atoms with Crippen LogP contribution in [0.4, 0.5) is 0 Å². The summed E-state index contributed by atoms with van der Waals surface area (Å²) in [5.41, 5.74) is 0.902. The van der Waals surface area contributed by atoms with Crippen molar-refractivity contribution in [1.82, 2.24) is 20.4 Å². The predicted octanol–water partition coefficient (Wildman–Crippen LogP) is 0.985. The number of fused-ring (bicyclic) bond motifs is 1. The number of likely N-dealkylation sites (tertiary alicyclic amines) is 1. The fourth-order valence-corrected chi connectivity index (χ4v) is 3.41. The van der Waals surface area contributed by atoms with Gasteiger partial charge in [0.2, 0.25) is 24.5 Å². The van der Waals surface area contributed by atoms with Gasteiger partial charge in [0.05, 0.1) is 11.8 Å². The number of aryl methyl sites for hydroxylation is 1. The van der Waals surface area contributed by atoms with Gasteiger partial charge in [-0.05, 0) is 24.6 Å². The van der Waals surface area contributed by atoms with Crippen molar-refractivity contribution in [1.29, 1.82) is 0 Å². The number of nitrogens with zero attached hydrogens (tertiary/aromatic N) is 3. The van der Waals surface area contributed by atoms with E-state index in [1.807, 2.05) is 18.2 Å². The van der Waals surface area contributed by atoms with E-state index >= 15 is 0 Å². The van der Waals surface area contributed by atoms with Gasteiger partial charge < -0.3 is 24.2 Å². The average Bonchev–Trinajstić information content (AvgIpc) is 3.37. The van der Waals surface area contributed by atoms with Crippen molar-refractivity contribution in [3.63, 3.8) is 0 Å². The van der Waals surface area contributed by atoms with Crippen LogP contribution in [0.1, 0.15) is 30.1 Å². The number of aromatic nitrogens is 2. The van der Waals surface area contributed by atoms with Gasteiger partial charge in [0.15, 0.2) is 17.3 Å². The lowest BCUT2D eigenvalue weighted by Crippen LogP contribution is -2.35. The van der Waals surface area contributed by atoms with Gasteiger partial charge in [-0.1, -0.05) is 11.2 Å². The number of hydrogen-bond donors (Lipinski definition) is 1. The summed E-state index contributed by atoms with van der Waals surface area (Å²) in [6, 6.07) is 5.54. The van der Waals surface area contributed by atoms with E-state index in [2.05, 4.69) is 15.5 Å². The van der Waals surface area contributed by atoms with Crippen LogP contribution in [-0.2, 0) is 16.1 Å². The van der Waals surface area contributed by atoms with Crippen molar-refractivity contribution in [3.8, 4) is 11.5 Å². The number of carbonyl (C=O) groups is 2. The third kappa shape index (κ3) is 3.44.